The molecule has 2 rings (SSSR count). The third-order valence-corrected chi connectivity index (χ3v) is 3.29. The molecule has 0 atom stereocenters. The Kier molecular flexibility index (Phi) is 5.46. The first-order chi connectivity index (χ1) is 11.0. The SMILES string of the molecule is CC(C)c1ccc(NC(=O)COC(=O)c2ccccc2F)cc1. The molecule has 0 heterocycles. The average molecular weight is 315 g/mol. The van der Waals surface area contributed by atoms with Gasteiger partial charge in [-0.2, -0.15) is 0 Å². The largest absolute Gasteiger partial charge is 0.452 e. The zero-order chi connectivity index (χ0) is 16.8. The first kappa shape index (κ1) is 16.7. The van der Waals surface area contributed by atoms with Crippen LogP contribution in [0.5, 0.6) is 0 Å². The molecule has 0 radical (unpaired) electrons. The van der Waals surface area contributed by atoms with Crippen molar-refractivity contribution >= 4 is 17.6 Å². The van der Waals surface area contributed by atoms with E-state index in [-0.39, 0.29) is 5.56 Å². The van der Waals surface area contributed by atoms with E-state index in [2.05, 4.69) is 19.2 Å². The van der Waals surface area contributed by atoms with E-state index in [0.29, 0.717) is 11.6 Å². The van der Waals surface area contributed by atoms with Gasteiger partial charge in [-0.15, -0.1) is 0 Å². The summed E-state index contributed by atoms with van der Waals surface area (Å²) in [6, 6.07) is 12.9. The number of hydrogen-bond donors (Lipinski definition) is 1. The van der Waals surface area contributed by atoms with Crippen LogP contribution in [0.3, 0.4) is 0 Å². The predicted molar refractivity (Wildman–Crippen MR) is 85.8 cm³/mol. The van der Waals surface area contributed by atoms with E-state index in [1.807, 2.05) is 12.1 Å². The van der Waals surface area contributed by atoms with Gasteiger partial charge >= 0.3 is 5.97 Å². The number of anilines is 1. The lowest BCUT2D eigenvalue weighted by Crippen LogP contribution is -2.21. The van der Waals surface area contributed by atoms with Crippen molar-refractivity contribution in [1.29, 1.82) is 0 Å². The summed E-state index contributed by atoms with van der Waals surface area (Å²) >= 11 is 0. The molecule has 0 unspecified atom stereocenters. The van der Waals surface area contributed by atoms with Crippen molar-refractivity contribution in [2.24, 2.45) is 0 Å². The predicted octanol–water partition coefficient (Wildman–Crippen LogP) is 3.74. The molecular weight excluding hydrogens is 297 g/mol. The number of carbonyl (C=O) groups excluding carboxylic acids is 2. The maximum Gasteiger partial charge on any atom is 0.341 e. The van der Waals surface area contributed by atoms with Gasteiger partial charge in [0, 0.05) is 5.69 Å². The second-order valence-electron chi connectivity index (χ2n) is 5.38. The van der Waals surface area contributed by atoms with Gasteiger partial charge in [-0.1, -0.05) is 38.1 Å². The van der Waals surface area contributed by atoms with E-state index in [0.717, 1.165) is 11.6 Å². The van der Waals surface area contributed by atoms with Crippen LogP contribution >= 0.6 is 0 Å². The van der Waals surface area contributed by atoms with Crippen molar-refractivity contribution in [2.45, 2.75) is 19.8 Å². The number of rotatable bonds is 5. The normalized spacial score (nSPS) is 10.4. The van der Waals surface area contributed by atoms with Crippen molar-refractivity contribution in [2.75, 3.05) is 11.9 Å². The van der Waals surface area contributed by atoms with Crippen molar-refractivity contribution in [1.82, 2.24) is 0 Å². The van der Waals surface area contributed by atoms with E-state index in [9.17, 15) is 14.0 Å². The quantitative estimate of drug-likeness (QED) is 0.855. The van der Waals surface area contributed by atoms with Crippen LogP contribution in [0, 0.1) is 5.82 Å². The number of halogens is 1. The molecule has 0 bridgehead atoms. The molecule has 5 heteroatoms. The number of esters is 1. The van der Waals surface area contributed by atoms with Gasteiger partial charge in [0.15, 0.2) is 6.61 Å². The topological polar surface area (TPSA) is 55.4 Å². The summed E-state index contributed by atoms with van der Waals surface area (Å²) in [5.41, 5.74) is 1.58. The average Bonchev–Trinajstić information content (AvgIpc) is 2.53. The van der Waals surface area contributed by atoms with E-state index in [4.69, 9.17) is 4.74 Å². The Morgan fingerprint density at radius 1 is 1.09 bits per heavy atom. The highest BCUT2D eigenvalue weighted by atomic mass is 19.1. The van der Waals surface area contributed by atoms with Gasteiger partial charge in [0.05, 0.1) is 5.56 Å². The Hall–Kier alpha value is -2.69. The van der Waals surface area contributed by atoms with Gasteiger partial charge in [-0.05, 0) is 35.7 Å². The fourth-order valence-electron chi connectivity index (χ4n) is 1.98. The summed E-state index contributed by atoms with van der Waals surface area (Å²) in [6.45, 7) is 3.69. The number of benzene rings is 2. The fraction of sp³-hybridized carbons (Fsp3) is 0.222. The summed E-state index contributed by atoms with van der Waals surface area (Å²) in [6.07, 6.45) is 0. The molecule has 0 aromatic heterocycles. The zero-order valence-electron chi connectivity index (χ0n) is 13.0. The molecule has 0 aliphatic carbocycles. The lowest BCUT2D eigenvalue weighted by atomic mass is 10.0. The zero-order valence-corrected chi connectivity index (χ0v) is 13.0. The molecule has 0 saturated heterocycles. The Morgan fingerprint density at radius 3 is 2.35 bits per heavy atom. The second kappa shape index (κ2) is 7.54. The highest BCUT2D eigenvalue weighted by Crippen LogP contribution is 2.17. The minimum Gasteiger partial charge on any atom is -0.452 e. The van der Waals surface area contributed by atoms with Crippen LogP contribution in [0.2, 0.25) is 0 Å². The van der Waals surface area contributed by atoms with Gasteiger partial charge in [-0.25, -0.2) is 9.18 Å². The van der Waals surface area contributed by atoms with Crippen molar-refractivity contribution in [3.05, 3.63) is 65.5 Å². The summed E-state index contributed by atoms with van der Waals surface area (Å²) in [5.74, 6) is -1.62. The van der Waals surface area contributed by atoms with Gasteiger partial charge in [0.25, 0.3) is 5.91 Å². The summed E-state index contributed by atoms with van der Waals surface area (Å²) < 4.78 is 18.2. The molecule has 0 spiro atoms. The molecule has 1 amide bonds. The highest BCUT2D eigenvalue weighted by molar-refractivity contribution is 5.95. The first-order valence-corrected chi connectivity index (χ1v) is 7.29. The van der Waals surface area contributed by atoms with Crippen LogP contribution in [-0.4, -0.2) is 18.5 Å². The molecule has 23 heavy (non-hydrogen) atoms. The third kappa shape index (κ3) is 4.64. The van der Waals surface area contributed by atoms with E-state index < -0.39 is 24.3 Å². The number of hydrogen-bond acceptors (Lipinski definition) is 3. The molecule has 2 aromatic rings. The molecule has 0 fully saturated rings. The molecular formula is C18H18FNO3. The first-order valence-electron chi connectivity index (χ1n) is 7.29. The van der Waals surface area contributed by atoms with Gasteiger partial charge in [0.2, 0.25) is 0 Å². The Labute approximate surface area is 134 Å². The van der Waals surface area contributed by atoms with Crippen LogP contribution in [0.25, 0.3) is 0 Å². The molecule has 0 saturated carbocycles. The Morgan fingerprint density at radius 2 is 1.74 bits per heavy atom. The van der Waals surface area contributed by atoms with Crippen LogP contribution in [-0.2, 0) is 9.53 Å². The molecule has 4 nitrogen and oxygen atoms in total. The maximum absolute atomic E-state index is 13.4. The lowest BCUT2D eigenvalue weighted by Gasteiger charge is -2.09. The van der Waals surface area contributed by atoms with Crippen LogP contribution in [0.1, 0.15) is 35.7 Å². The molecule has 120 valence electrons. The summed E-state index contributed by atoms with van der Waals surface area (Å²) in [5, 5.41) is 2.62. The lowest BCUT2D eigenvalue weighted by molar-refractivity contribution is -0.119. The van der Waals surface area contributed by atoms with E-state index in [1.54, 1.807) is 12.1 Å². The minimum absolute atomic E-state index is 0.193. The summed E-state index contributed by atoms with van der Waals surface area (Å²) in [7, 11) is 0. The van der Waals surface area contributed by atoms with Gasteiger partial charge in [-0.3, -0.25) is 4.79 Å². The van der Waals surface area contributed by atoms with Crippen molar-refractivity contribution in [3.8, 4) is 0 Å². The standard InChI is InChI=1S/C18H18FNO3/c1-12(2)13-7-9-14(10-8-13)20-17(21)11-23-18(22)15-5-3-4-6-16(15)19/h3-10,12H,11H2,1-2H3,(H,20,21). The number of amides is 1. The van der Waals surface area contributed by atoms with Crippen molar-refractivity contribution in [3.63, 3.8) is 0 Å². The maximum atomic E-state index is 13.4. The summed E-state index contributed by atoms with van der Waals surface area (Å²) in [4.78, 5) is 23.5. The Balaban J connectivity index is 1.88. The van der Waals surface area contributed by atoms with Gasteiger partial charge < -0.3 is 10.1 Å². The molecule has 1 N–H and O–H groups in total. The fourth-order valence-corrected chi connectivity index (χ4v) is 1.98. The van der Waals surface area contributed by atoms with Crippen LogP contribution in [0.15, 0.2) is 48.5 Å². The molecule has 2 aromatic carbocycles. The van der Waals surface area contributed by atoms with E-state index >= 15 is 0 Å². The van der Waals surface area contributed by atoms with Crippen LogP contribution in [0.4, 0.5) is 10.1 Å². The van der Waals surface area contributed by atoms with Crippen molar-refractivity contribution < 1.29 is 18.7 Å². The number of carbonyl (C=O) groups is 2. The number of ether oxygens (including phenoxy) is 1. The molecule has 0 aliphatic heterocycles. The second-order valence-corrected chi connectivity index (χ2v) is 5.38. The Bertz CT molecular complexity index is 696. The smallest absolute Gasteiger partial charge is 0.341 e. The minimum atomic E-state index is -0.867. The van der Waals surface area contributed by atoms with Crippen LogP contribution < -0.4 is 5.32 Å². The monoisotopic (exact) mass is 315 g/mol. The van der Waals surface area contributed by atoms with Gasteiger partial charge in [0.1, 0.15) is 5.82 Å². The molecule has 0 aliphatic rings. The van der Waals surface area contributed by atoms with E-state index in [1.165, 1.54) is 18.2 Å². The third-order valence-electron chi connectivity index (χ3n) is 3.29. The highest BCUT2D eigenvalue weighted by Gasteiger charge is 2.14. The number of nitrogens with one attached hydrogen (secondary N) is 1.